The van der Waals surface area contributed by atoms with Crippen molar-refractivity contribution in [2.24, 2.45) is 0 Å². The molecule has 1 aromatic rings. The molecule has 0 bridgehead atoms. The van der Waals surface area contributed by atoms with Gasteiger partial charge in [-0.25, -0.2) is 8.42 Å². The van der Waals surface area contributed by atoms with E-state index in [9.17, 15) is 8.42 Å². The molecule has 0 radical (unpaired) electrons. The highest BCUT2D eigenvalue weighted by Gasteiger charge is 2.34. The first-order valence-electron chi connectivity index (χ1n) is 6.88. The summed E-state index contributed by atoms with van der Waals surface area (Å²) in [7, 11) is -1.85. The van der Waals surface area contributed by atoms with Crippen molar-refractivity contribution in [2.75, 3.05) is 7.05 Å². The van der Waals surface area contributed by atoms with Gasteiger partial charge in [0, 0.05) is 12.6 Å². The Hall–Kier alpha value is -0.870. The lowest BCUT2D eigenvalue weighted by Crippen LogP contribution is -2.43. The maximum atomic E-state index is 12.9. The van der Waals surface area contributed by atoms with E-state index in [2.05, 4.69) is 0 Å². The van der Waals surface area contributed by atoms with Crippen molar-refractivity contribution in [3.8, 4) is 0 Å². The number of hydrogen-bond acceptors (Lipinski definition) is 2. The summed E-state index contributed by atoms with van der Waals surface area (Å²) in [4.78, 5) is 0.410. The van der Waals surface area contributed by atoms with Crippen LogP contribution >= 0.6 is 0 Å². The second-order valence-corrected chi connectivity index (χ2v) is 9.33. The third kappa shape index (κ3) is 3.41. The lowest BCUT2D eigenvalue weighted by Gasteiger charge is -2.33. The molecule has 0 amide bonds. The van der Waals surface area contributed by atoms with Gasteiger partial charge in [-0.3, -0.25) is 0 Å². The van der Waals surface area contributed by atoms with E-state index in [1.807, 2.05) is 60.6 Å². The fraction of sp³-hybridized carbons (Fsp3) is 0.625. The van der Waals surface area contributed by atoms with Crippen LogP contribution in [0.25, 0.3) is 0 Å². The highest BCUT2D eigenvalue weighted by atomic mass is 32.2. The Morgan fingerprint density at radius 3 is 1.90 bits per heavy atom. The van der Waals surface area contributed by atoms with Crippen molar-refractivity contribution in [1.82, 2.24) is 4.31 Å². The molecule has 0 saturated heterocycles. The molecule has 3 nitrogen and oxygen atoms in total. The van der Waals surface area contributed by atoms with E-state index in [1.165, 1.54) is 4.31 Å². The lowest BCUT2D eigenvalue weighted by atomic mass is 9.86. The molecule has 0 saturated carbocycles. The molecule has 0 N–H and O–H groups in total. The fourth-order valence-corrected chi connectivity index (χ4v) is 3.86. The zero-order chi connectivity index (χ0) is 15.9. The van der Waals surface area contributed by atoms with Crippen LogP contribution in [0.15, 0.2) is 23.1 Å². The quantitative estimate of drug-likeness (QED) is 0.834. The minimum Gasteiger partial charge on any atom is -0.207 e. The Morgan fingerprint density at radius 1 is 1.00 bits per heavy atom. The van der Waals surface area contributed by atoms with Crippen molar-refractivity contribution in [3.63, 3.8) is 0 Å². The molecule has 4 heteroatoms. The van der Waals surface area contributed by atoms with Crippen LogP contribution in [0.4, 0.5) is 0 Å². The molecule has 0 heterocycles. The Labute approximate surface area is 124 Å². The molecule has 0 aromatic heterocycles. The molecule has 0 aliphatic carbocycles. The van der Waals surface area contributed by atoms with Gasteiger partial charge in [-0.1, -0.05) is 38.5 Å². The summed E-state index contributed by atoms with van der Waals surface area (Å²) < 4.78 is 27.2. The largest absolute Gasteiger partial charge is 0.243 e. The first-order chi connectivity index (χ1) is 8.78. The molecule has 1 aromatic carbocycles. The molecule has 114 valence electrons. The van der Waals surface area contributed by atoms with E-state index >= 15 is 0 Å². The molecule has 1 rings (SSSR count). The van der Waals surface area contributed by atoms with Crippen LogP contribution in [-0.4, -0.2) is 25.3 Å². The van der Waals surface area contributed by atoms with Gasteiger partial charge in [0.2, 0.25) is 10.0 Å². The SMILES string of the molecule is Cc1ccc(S(=O)(=O)N(C)C(C)(C)C)c(C(C)(C)C)c1. The van der Waals surface area contributed by atoms with Crippen molar-refractivity contribution < 1.29 is 8.42 Å². The van der Waals surface area contributed by atoms with Gasteiger partial charge >= 0.3 is 0 Å². The van der Waals surface area contributed by atoms with Gasteiger partial charge in [0.15, 0.2) is 0 Å². The highest BCUT2D eigenvalue weighted by molar-refractivity contribution is 7.89. The molecule has 0 fully saturated rings. The second-order valence-electron chi connectivity index (χ2n) is 7.39. The van der Waals surface area contributed by atoms with E-state index in [-0.39, 0.29) is 5.41 Å². The van der Waals surface area contributed by atoms with Crippen LogP contribution < -0.4 is 0 Å². The molecule has 0 spiro atoms. The summed E-state index contributed by atoms with van der Waals surface area (Å²) in [6.07, 6.45) is 0. The van der Waals surface area contributed by atoms with E-state index < -0.39 is 15.6 Å². The highest BCUT2D eigenvalue weighted by Crippen LogP contribution is 2.33. The third-order valence-electron chi connectivity index (χ3n) is 3.53. The zero-order valence-electron chi connectivity index (χ0n) is 13.9. The van der Waals surface area contributed by atoms with Crippen LogP contribution in [0, 0.1) is 6.92 Å². The van der Waals surface area contributed by atoms with Crippen molar-refractivity contribution in [2.45, 2.75) is 64.3 Å². The van der Waals surface area contributed by atoms with Crippen LogP contribution in [0.1, 0.15) is 52.7 Å². The Morgan fingerprint density at radius 2 is 1.50 bits per heavy atom. The van der Waals surface area contributed by atoms with E-state index in [0.29, 0.717) is 4.90 Å². The van der Waals surface area contributed by atoms with Crippen LogP contribution in [0.3, 0.4) is 0 Å². The molecule has 20 heavy (non-hydrogen) atoms. The Kier molecular flexibility index (Phi) is 4.43. The van der Waals surface area contributed by atoms with Gasteiger partial charge < -0.3 is 0 Å². The first kappa shape index (κ1) is 17.2. The average molecular weight is 297 g/mol. The van der Waals surface area contributed by atoms with Crippen LogP contribution in [0.2, 0.25) is 0 Å². The summed E-state index contributed by atoms with van der Waals surface area (Å²) in [6, 6.07) is 5.56. The summed E-state index contributed by atoms with van der Waals surface area (Å²) in [5.41, 5.74) is 1.28. The van der Waals surface area contributed by atoms with Crippen LogP contribution in [0.5, 0.6) is 0 Å². The average Bonchev–Trinajstić information content (AvgIpc) is 2.25. The number of nitrogens with zero attached hydrogens (tertiary/aromatic N) is 1. The maximum absolute atomic E-state index is 12.9. The van der Waals surface area contributed by atoms with Gasteiger partial charge in [-0.2, -0.15) is 4.31 Å². The van der Waals surface area contributed by atoms with Gasteiger partial charge in [-0.15, -0.1) is 0 Å². The summed E-state index contributed by atoms with van der Waals surface area (Å²) in [5, 5.41) is 0. The summed E-state index contributed by atoms with van der Waals surface area (Å²) >= 11 is 0. The first-order valence-corrected chi connectivity index (χ1v) is 8.32. The fourth-order valence-electron chi connectivity index (χ4n) is 1.96. The molecule has 0 atom stereocenters. The normalized spacial score (nSPS) is 13.8. The van der Waals surface area contributed by atoms with Gasteiger partial charge in [0.25, 0.3) is 0 Å². The summed E-state index contributed by atoms with van der Waals surface area (Å²) in [6.45, 7) is 13.8. The van der Waals surface area contributed by atoms with Gasteiger partial charge in [0.05, 0.1) is 4.90 Å². The van der Waals surface area contributed by atoms with Crippen molar-refractivity contribution >= 4 is 10.0 Å². The van der Waals surface area contributed by atoms with Gasteiger partial charge in [0.1, 0.15) is 0 Å². The number of hydrogen-bond donors (Lipinski definition) is 0. The molecule has 0 aliphatic rings. The third-order valence-corrected chi connectivity index (χ3v) is 5.71. The van der Waals surface area contributed by atoms with E-state index in [1.54, 1.807) is 13.1 Å². The molecule has 0 aliphatic heterocycles. The van der Waals surface area contributed by atoms with Gasteiger partial charge in [-0.05, 0) is 44.7 Å². The predicted molar refractivity (Wildman–Crippen MR) is 84.6 cm³/mol. The predicted octanol–water partition coefficient (Wildman–Crippen LogP) is 3.71. The monoisotopic (exact) mass is 297 g/mol. The van der Waals surface area contributed by atoms with Crippen LogP contribution in [-0.2, 0) is 15.4 Å². The smallest absolute Gasteiger partial charge is 0.207 e. The number of aryl methyl sites for hydroxylation is 1. The zero-order valence-corrected chi connectivity index (χ0v) is 14.7. The summed E-state index contributed by atoms with van der Waals surface area (Å²) in [5.74, 6) is 0. The lowest BCUT2D eigenvalue weighted by molar-refractivity contribution is 0.291. The second kappa shape index (κ2) is 5.15. The van der Waals surface area contributed by atoms with Crippen molar-refractivity contribution in [3.05, 3.63) is 29.3 Å². The van der Waals surface area contributed by atoms with Crippen molar-refractivity contribution in [1.29, 1.82) is 0 Å². The topological polar surface area (TPSA) is 37.4 Å². The Bertz CT molecular complexity index is 590. The molecular weight excluding hydrogens is 270 g/mol. The minimum absolute atomic E-state index is 0.215. The maximum Gasteiger partial charge on any atom is 0.243 e. The number of rotatable bonds is 2. The number of benzene rings is 1. The molecule has 0 unspecified atom stereocenters. The standard InChI is InChI=1S/C16H27NO2S/c1-12-9-10-14(13(11-12)15(2,3)4)20(18,19)17(8)16(5,6)7/h9-11H,1-8H3. The van der Waals surface area contributed by atoms with E-state index in [0.717, 1.165) is 11.1 Å². The minimum atomic E-state index is -3.49. The molecular formula is C16H27NO2S. The number of sulfonamides is 1. The van der Waals surface area contributed by atoms with E-state index in [4.69, 9.17) is 0 Å². The Balaban J connectivity index is 3.56.